The van der Waals surface area contributed by atoms with Gasteiger partial charge in [0.2, 0.25) is 0 Å². The molecule has 0 bridgehead atoms. The van der Waals surface area contributed by atoms with Crippen LogP contribution >= 0.6 is 0 Å². The minimum atomic E-state index is 0.0122. The molecule has 1 atom stereocenters. The van der Waals surface area contributed by atoms with Crippen LogP contribution in [0.4, 0.5) is 0 Å². The number of amides is 1. The molecule has 7 heteroatoms. The monoisotopic (exact) mass is 402 g/mol. The first kappa shape index (κ1) is 18.5. The maximum atomic E-state index is 13.1. The van der Waals surface area contributed by atoms with Gasteiger partial charge in [-0.1, -0.05) is 0 Å². The number of carbonyl (C=O) groups is 1. The average Bonchev–Trinajstić information content (AvgIpc) is 2.84. The van der Waals surface area contributed by atoms with E-state index in [4.69, 9.17) is 14.5 Å². The molecule has 30 heavy (non-hydrogen) atoms. The van der Waals surface area contributed by atoms with Crippen molar-refractivity contribution in [2.24, 2.45) is 0 Å². The third kappa shape index (κ3) is 3.70. The standard InChI is InChI=1S/C23H22N4O3/c28-23(16-5-6-20-21(13-16)30-12-11-29-20)27-10-2-4-18(15-27)19-7-9-25-22(26-19)17-3-1-8-24-14-17/h1,3,5-9,13-14,18H,2,4,10-12,15H2/t18-/m0/s1. The Morgan fingerprint density at radius 3 is 2.83 bits per heavy atom. The lowest BCUT2D eigenvalue weighted by molar-refractivity contribution is 0.0705. The SMILES string of the molecule is O=C(c1ccc2c(c1)OCCO2)N1CCC[C@H](c2ccnc(-c3cccnc3)n2)C1. The Labute approximate surface area is 174 Å². The smallest absolute Gasteiger partial charge is 0.254 e. The zero-order valence-corrected chi connectivity index (χ0v) is 16.5. The molecule has 2 aromatic heterocycles. The number of rotatable bonds is 3. The molecule has 0 saturated carbocycles. The number of piperidine rings is 1. The number of hydrogen-bond acceptors (Lipinski definition) is 6. The van der Waals surface area contributed by atoms with E-state index in [9.17, 15) is 4.79 Å². The Kier molecular flexibility index (Phi) is 5.01. The van der Waals surface area contributed by atoms with Gasteiger partial charge in [0.25, 0.3) is 5.91 Å². The van der Waals surface area contributed by atoms with Crippen molar-refractivity contribution in [3.05, 3.63) is 66.2 Å². The minimum Gasteiger partial charge on any atom is -0.486 e. The Hall–Kier alpha value is -3.48. The van der Waals surface area contributed by atoms with Crippen LogP contribution in [-0.4, -0.2) is 52.1 Å². The summed E-state index contributed by atoms with van der Waals surface area (Å²) in [5, 5.41) is 0. The number of carbonyl (C=O) groups excluding carboxylic acids is 1. The van der Waals surface area contributed by atoms with Crippen LogP contribution in [0.2, 0.25) is 0 Å². The molecular formula is C23H22N4O3. The molecule has 0 spiro atoms. The van der Waals surface area contributed by atoms with E-state index in [1.54, 1.807) is 24.7 Å². The normalized spacial score (nSPS) is 18.1. The van der Waals surface area contributed by atoms with E-state index in [1.807, 2.05) is 35.2 Å². The summed E-state index contributed by atoms with van der Waals surface area (Å²) in [6.07, 6.45) is 7.21. The number of hydrogen-bond donors (Lipinski definition) is 0. The lowest BCUT2D eigenvalue weighted by Crippen LogP contribution is -2.39. The van der Waals surface area contributed by atoms with Gasteiger partial charge in [0.1, 0.15) is 13.2 Å². The molecule has 3 aromatic rings. The summed E-state index contributed by atoms with van der Waals surface area (Å²) in [5.74, 6) is 2.18. The third-order valence-corrected chi connectivity index (χ3v) is 5.51. The summed E-state index contributed by atoms with van der Waals surface area (Å²) in [6, 6.07) is 11.2. The second-order valence-corrected chi connectivity index (χ2v) is 7.50. The van der Waals surface area contributed by atoms with E-state index in [2.05, 4.69) is 9.97 Å². The van der Waals surface area contributed by atoms with Gasteiger partial charge in [-0.25, -0.2) is 9.97 Å². The van der Waals surface area contributed by atoms with E-state index in [0.29, 0.717) is 42.6 Å². The van der Waals surface area contributed by atoms with E-state index in [-0.39, 0.29) is 11.8 Å². The van der Waals surface area contributed by atoms with Crippen LogP contribution in [0, 0.1) is 0 Å². The van der Waals surface area contributed by atoms with E-state index in [0.717, 1.165) is 30.6 Å². The summed E-state index contributed by atoms with van der Waals surface area (Å²) >= 11 is 0. The number of ether oxygens (including phenoxy) is 2. The highest BCUT2D eigenvalue weighted by Crippen LogP contribution is 2.32. The van der Waals surface area contributed by atoms with Crippen LogP contribution in [-0.2, 0) is 0 Å². The average molecular weight is 402 g/mol. The first-order valence-electron chi connectivity index (χ1n) is 10.2. The summed E-state index contributed by atoms with van der Waals surface area (Å²) in [5.41, 5.74) is 2.47. The number of likely N-dealkylation sites (tertiary alicyclic amines) is 1. The van der Waals surface area contributed by atoms with Crippen molar-refractivity contribution >= 4 is 5.91 Å². The van der Waals surface area contributed by atoms with E-state index >= 15 is 0 Å². The number of aromatic nitrogens is 3. The molecule has 0 aliphatic carbocycles. The van der Waals surface area contributed by atoms with Crippen LogP contribution in [0.15, 0.2) is 55.0 Å². The van der Waals surface area contributed by atoms with Crippen molar-refractivity contribution in [2.45, 2.75) is 18.8 Å². The molecule has 7 nitrogen and oxygen atoms in total. The number of benzene rings is 1. The lowest BCUT2D eigenvalue weighted by atomic mass is 9.94. The molecule has 2 aliphatic rings. The van der Waals surface area contributed by atoms with Gasteiger partial charge in [-0.05, 0) is 49.2 Å². The summed E-state index contributed by atoms with van der Waals surface area (Å²) in [4.78, 5) is 28.4. The second kappa shape index (κ2) is 8.10. The molecule has 2 aliphatic heterocycles. The molecule has 4 heterocycles. The first-order valence-corrected chi connectivity index (χ1v) is 10.2. The Balaban J connectivity index is 1.34. The van der Waals surface area contributed by atoms with Gasteiger partial charge in [-0.2, -0.15) is 0 Å². The van der Waals surface area contributed by atoms with Crippen molar-refractivity contribution in [3.63, 3.8) is 0 Å². The topological polar surface area (TPSA) is 77.4 Å². The summed E-state index contributed by atoms with van der Waals surface area (Å²) in [6.45, 7) is 2.42. The molecule has 1 aromatic carbocycles. The van der Waals surface area contributed by atoms with Gasteiger partial charge in [-0.15, -0.1) is 0 Å². The Morgan fingerprint density at radius 2 is 1.97 bits per heavy atom. The number of pyridine rings is 1. The van der Waals surface area contributed by atoms with Crippen molar-refractivity contribution in [1.82, 2.24) is 19.9 Å². The molecule has 5 rings (SSSR count). The fraction of sp³-hybridized carbons (Fsp3) is 0.304. The van der Waals surface area contributed by atoms with Gasteiger partial charge < -0.3 is 14.4 Å². The molecule has 152 valence electrons. The van der Waals surface area contributed by atoms with Crippen molar-refractivity contribution < 1.29 is 14.3 Å². The van der Waals surface area contributed by atoms with Crippen LogP contribution < -0.4 is 9.47 Å². The third-order valence-electron chi connectivity index (χ3n) is 5.51. The summed E-state index contributed by atoms with van der Waals surface area (Å²) < 4.78 is 11.2. The van der Waals surface area contributed by atoms with Gasteiger partial charge in [0, 0.05) is 54.4 Å². The maximum Gasteiger partial charge on any atom is 0.254 e. The van der Waals surface area contributed by atoms with Gasteiger partial charge in [0.15, 0.2) is 17.3 Å². The molecule has 0 N–H and O–H groups in total. The first-order chi connectivity index (χ1) is 14.8. The van der Waals surface area contributed by atoms with E-state index in [1.165, 1.54) is 0 Å². The molecular weight excluding hydrogens is 380 g/mol. The van der Waals surface area contributed by atoms with Crippen LogP contribution in [0.1, 0.15) is 34.8 Å². The Bertz CT molecular complexity index is 1060. The highest BCUT2D eigenvalue weighted by atomic mass is 16.6. The van der Waals surface area contributed by atoms with Gasteiger partial charge in [-0.3, -0.25) is 9.78 Å². The fourth-order valence-corrected chi connectivity index (χ4v) is 4.00. The van der Waals surface area contributed by atoms with Gasteiger partial charge >= 0.3 is 0 Å². The van der Waals surface area contributed by atoms with Crippen molar-refractivity contribution in [1.29, 1.82) is 0 Å². The molecule has 1 saturated heterocycles. The highest BCUT2D eigenvalue weighted by molar-refractivity contribution is 5.95. The number of nitrogens with zero attached hydrogens (tertiary/aromatic N) is 4. The lowest BCUT2D eigenvalue weighted by Gasteiger charge is -2.33. The predicted molar refractivity (Wildman–Crippen MR) is 111 cm³/mol. The van der Waals surface area contributed by atoms with Gasteiger partial charge in [0.05, 0.1) is 0 Å². The quantitative estimate of drug-likeness (QED) is 0.669. The number of fused-ring (bicyclic) bond motifs is 1. The fourth-order valence-electron chi connectivity index (χ4n) is 4.00. The zero-order chi connectivity index (χ0) is 20.3. The Morgan fingerprint density at radius 1 is 1.07 bits per heavy atom. The minimum absolute atomic E-state index is 0.0122. The van der Waals surface area contributed by atoms with Crippen molar-refractivity contribution in [3.8, 4) is 22.9 Å². The maximum absolute atomic E-state index is 13.1. The largest absolute Gasteiger partial charge is 0.486 e. The van der Waals surface area contributed by atoms with E-state index < -0.39 is 0 Å². The predicted octanol–water partition coefficient (Wildman–Crippen LogP) is 3.33. The second-order valence-electron chi connectivity index (χ2n) is 7.50. The zero-order valence-electron chi connectivity index (χ0n) is 16.5. The summed E-state index contributed by atoms with van der Waals surface area (Å²) in [7, 11) is 0. The van der Waals surface area contributed by atoms with Crippen molar-refractivity contribution in [2.75, 3.05) is 26.3 Å². The molecule has 0 unspecified atom stereocenters. The molecule has 0 radical (unpaired) electrons. The highest BCUT2D eigenvalue weighted by Gasteiger charge is 2.27. The molecule has 1 amide bonds. The van der Waals surface area contributed by atoms with Crippen LogP contribution in [0.5, 0.6) is 11.5 Å². The molecule has 1 fully saturated rings. The van der Waals surface area contributed by atoms with Crippen LogP contribution in [0.3, 0.4) is 0 Å². The van der Waals surface area contributed by atoms with Crippen LogP contribution in [0.25, 0.3) is 11.4 Å².